The van der Waals surface area contributed by atoms with Gasteiger partial charge in [0.15, 0.2) is 0 Å². The van der Waals surface area contributed by atoms with E-state index in [4.69, 9.17) is 4.74 Å². The highest BCUT2D eigenvalue weighted by atomic mass is 32.2. The number of carbonyl (C=O) groups excluding carboxylic acids is 1. The topological polar surface area (TPSA) is 70.2 Å². The first-order valence-corrected chi connectivity index (χ1v) is 13.1. The third-order valence-electron chi connectivity index (χ3n) is 6.16. The van der Waals surface area contributed by atoms with Crippen LogP contribution in [0.15, 0.2) is 54.6 Å². The lowest BCUT2D eigenvalue weighted by molar-refractivity contribution is -0.129. The Hall–Kier alpha value is -2.49. The van der Waals surface area contributed by atoms with E-state index in [1.165, 1.54) is 10.4 Å². The minimum atomic E-state index is -3.55. The van der Waals surface area contributed by atoms with Crippen molar-refractivity contribution in [3.8, 4) is 0 Å². The first kappa shape index (κ1) is 26.1. The molecule has 2 saturated heterocycles. The molecular weight excluding hydrogens is 457 g/mol. The molecule has 4 rings (SSSR count). The molecule has 0 saturated carbocycles. The second-order valence-electron chi connectivity index (χ2n) is 8.71. The molecule has 2 aromatic carbocycles. The molecule has 7 nitrogen and oxygen atoms in total. The molecule has 0 radical (unpaired) electrons. The second kappa shape index (κ2) is 11.8. The lowest BCUT2D eigenvalue weighted by Gasteiger charge is -2.35. The molecule has 0 N–H and O–H groups in total. The first-order chi connectivity index (χ1) is 16.2. The van der Waals surface area contributed by atoms with Crippen molar-refractivity contribution in [3.05, 3.63) is 66.0 Å². The third kappa shape index (κ3) is 6.55. The van der Waals surface area contributed by atoms with E-state index in [9.17, 15) is 17.6 Å². The molecule has 0 aromatic heterocycles. The van der Waals surface area contributed by atoms with E-state index in [2.05, 4.69) is 0 Å². The number of piperazine rings is 1. The van der Waals surface area contributed by atoms with Gasteiger partial charge >= 0.3 is 0 Å². The maximum absolute atomic E-state index is 14.8. The average molecular weight is 492 g/mol. The van der Waals surface area contributed by atoms with Crippen LogP contribution in [0.3, 0.4) is 0 Å². The fourth-order valence-electron chi connectivity index (χ4n) is 3.99. The Bertz CT molecular complexity index is 1020. The molecule has 2 atom stereocenters. The molecule has 2 aromatic rings. The van der Waals surface area contributed by atoms with Crippen molar-refractivity contribution in [2.75, 3.05) is 44.3 Å². The van der Waals surface area contributed by atoms with Gasteiger partial charge in [0.1, 0.15) is 5.82 Å². The van der Waals surface area contributed by atoms with Crippen LogP contribution in [-0.4, -0.2) is 74.2 Å². The van der Waals surface area contributed by atoms with Crippen LogP contribution in [0.5, 0.6) is 0 Å². The van der Waals surface area contributed by atoms with Crippen LogP contribution in [-0.2, 0) is 26.1 Å². The predicted molar refractivity (Wildman–Crippen MR) is 132 cm³/mol. The lowest BCUT2D eigenvalue weighted by atomic mass is 10.1. The van der Waals surface area contributed by atoms with E-state index in [-0.39, 0.29) is 25.1 Å². The van der Waals surface area contributed by atoms with Crippen LogP contribution < -0.4 is 4.90 Å². The zero-order valence-corrected chi connectivity index (χ0v) is 20.9. The first-order valence-electron chi connectivity index (χ1n) is 11.6. The minimum absolute atomic E-state index is 0.0125. The maximum Gasteiger partial charge on any atom is 0.219 e. The largest absolute Gasteiger partial charge is 0.378 e. The summed E-state index contributed by atoms with van der Waals surface area (Å²) in [5, 5.41) is -0.655. The number of anilines is 1. The molecule has 34 heavy (non-hydrogen) atoms. The van der Waals surface area contributed by atoms with Gasteiger partial charge in [0, 0.05) is 56.9 Å². The number of nitrogens with zero attached hydrogens (tertiary/aromatic N) is 3. The number of sulfonamides is 1. The van der Waals surface area contributed by atoms with Crippen molar-refractivity contribution < 1.29 is 22.3 Å². The molecule has 2 fully saturated rings. The number of hydrogen-bond acceptors (Lipinski definition) is 5. The number of carbonyl (C=O) groups is 1. The predicted octanol–water partition coefficient (Wildman–Crippen LogP) is 3.12. The molecule has 2 aliphatic rings. The highest BCUT2D eigenvalue weighted by Crippen LogP contribution is 2.25. The molecule has 1 amide bonds. The normalized spacial score (nSPS) is 22.9. The summed E-state index contributed by atoms with van der Waals surface area (Å²) in [6.45, 7) is 7.88. The van der Waals surface area contributed by atoms with E-state index in [0.717, 1.165) is 5.69 Å². The third-order valence-corrected chi connectivity index (χ3v) is 8.45. The van der Waals surface area contributed by atoms with Crippen molar-refractivity contribution in [2.24, 2.45) is 0 Å². The molecule has 9 heteroatoms. The summed E-state index contributed by atoms with van der Waals surface area (Å²) in [4.78, 5) is 15.3. The van der Waals surface area contributed by atoms with Crippen molar-refractivity contribution in [2.45, 2.75) is 38.6 Å². The van der Waals surface area contributed by atoms with Gasteiger partial charge in [-0.05, 0) is 26.0 Å². The summed E-state index contributed by atoms with van der Waals surface area (Å²) < 4.78 is 47.1. The van der Waals surface area contributed by atoms with Crippen molar-refractivity contribution in [1.29, 1.82) is 0 Å². The number of amides is 1. The van der Waals surface area contributed by atoms with Crippen LogP contribution in [0.1, 0.15) is 26.3 Å². The van der Waals surface area contributed by atoms with E-state index >= 15 is 0 Å². The van der Waals surface area contributed by atoms with Gasteiger partial charge in [-0.3, -0.25) is 4.79 Å². The molecule has 0 aliphatic carbocycles. The number of ether oxygens (including phenoxy) is 1. The van der Waals surface area contributed by atoms with Gasteiger partial charge in [0.05, 0.1) is 18.5 Å². The molecule has 2 heterocycles. The molecule has 0 bridgehead atoms. The lowest BCUT2D eigenvalue weighted by Crippen LogP contribution is -2.48. The number of benzene rings is 2. The summed E-state index contributed by atoms with van der Waals surface area (Å²) in [5.74, 6) is -0.376. The quantitative estimate of drug-likeness (QED) is 0.660. The van der Waals surface area contributed by atoms with E-state index in [1.54, 1.807) is 31.7 Å². The van der Waals surface area contributed by atoms with Crippen LogP contribution in [0.25, 0.3) is 0 Å². The molecule has 186 valence electrons. The smallest absolute Gasteiger partial charge is 0.219 e. The fraction of sp³-hybridized carbons (Fsp3) is 0.480. The maximum atomic E-state index is 14.8. The van der Waals surface area contributed by atoms with E-state index in [1.807, 2.05) is 47.4 Å². The Labute approximate surface area is 202 Å². The van der Waals surface area contributed by atoms with Gasteiger partial charge in [-0.25, -0.2) is 12.8 Å². The summed E-state index contributed by atoms with van der Waals surface area (Å²) in [6, 6.07) is 16.6. The van der Waals surface area contributed by atoms with Gasteiger partial charge in [0.25, 0.3) is 0 Å². The molecule has 0 spiro atoms. The number of rotatable bonds is 3. The Morgan fingerprint density at radius 1 is 1.00 bits per heavy atom. The van der Waals surface area contributed by atoms with Crippen LogP contribution in [0, 0.1) is 5.82 Å². The van der Waals surface area contributed by atoms with Crippen molar-refractivity contribution >= 4 is 21.6 Å². The summed E-state index contributed by atoms with van der Waals surface area (Å²) in [5.41, 5.74) is 1.09. The van der Waals surface area contributed by atoms with Crippen LogP contribution in [0.4, 0.5) is 10.1 Å². The molecule has 2 aliphatic heterocycles. The second-order valence-corrected chi connectivity index (χ2v) is 11.0. The summed E-state index contributed by atoms with van der Waals surface area (Å²) in [6.07, 6.45) is 0. The van der Waals surface area contributed by atoms with Gasteiger partial charge in [-0.2, -0.15) is 4.31 Å². The average Bonchev–Trinajstić information content (AvgIpc) is 2.93. The van der Waals surface area contributed by atoms with E-state index < -0.39 is 21.1 Å². The van der Waals surface area contributed by atoms with Crippen molar-refractivity contribution in [1.82, 2.24) is 9.21 Å². The van der Waals surface area contributed by atoms with Crippen LogP contribution >= 0.6 is 0 Å². The zero-order valence-electron chi connectivity index (χ0n) is 20.1. The Morgan fingerprint density at radius 3 is 2.12 bits per heavy atom. The van der Waals surface area contributed by atoms with Crippen LogP contribution in [0.2, 0.25) is 0 Å². The minimum Gasteiger partial charge on any atom is -0.378 e. The summed E-state index contributed by atoms with van der Waals surface area (Å²) >= 11 is 0. The van der Waals surface area contributed by atoms with Gasteiger partial charge in [0.2, 0.25) is 15.9 Å². The Kier molecular flexibility index (Phi) is 9.04. The highest BCUT2D eigenvalue weighted by molar-refractivity contribution is 7.89. The van der Waals surface area contributed by atoms with E-state index in [0.29, 0.717) is 38.3 Å². The summed E-state index contributed by atoms with van der Waals surface area (Å²) in [7, 11) is -3.55. The molecular formula is C25H34FN3O4S. The Morgan fingerprint density at radius 2 is 1.59 bits per heavy atom. The Balaban J connectivity index is 0.000000469. The molecule has 1 unspecified atom stereocenters. The van der Waals surface area contributed by atoms with Gasteiger partial charge in [-0.1, -0.05) is 42.5 Å². The van der Waals surface area contributed by atoms with Crippen molar-refractivity contribution in [3.63, 3.8) is 0 Å². The van der Waals surface area contributed by atoms with Gasteiger partial charge < -0.3 is 14.5 Å². The highest BCUT2D eigenvalue weighted by Gasteiger charge is 2.36. The fourth-order valence-corrected chi connectivity index (χ4v) is 5.61. The van der Waals surface area contributed by atoms with Gasteiger partial charge in [-0.15, -0.1) is 0 Å². The monoisotopic (exact) mass is 491 g/mol. The number of halogens is 1. The zero-order chi connectivity index (χ0) is 24.7. The standard InChI is InChI=1S/C19H28FN3O4S.C6H6/c1-14-12-27-13-15(2)28(25,26)23(14)11-17-4-5-18(10-19(17)20)22-8-6-21(7-9-22)16(3)24;1-2-4-6-5-3-1/h4-5,10,14-15H,6-9,11-13H2,1-3H3;1-6H/t14-,15?;/m0./s1. The SMILES string of the molecule is CC(=O)N1CCN(c2ccc(CN3[C@@H](C)COCC(C)S3(=O)=O)c(F)c2)CC1.c1ccccc1. The number of hydrogen-bond donors (Lipinski definition) is 0.